The van der Waals surface area contributed by atoms with E-state index in [2.05, 4.69) is 106 Å². The highest BCUT2D eigenvalue weighted by atomic mass is 79.9. The maximum atomic E-state index is 3.51. The second kappa shape index (κ2) is 6.05. The maximum Gasteiger partial charge on any atom is 0.0482 e. The summed E-state index contributed by atoms with van der Waals surface area (Å²) in [6.45, 7) is 0.897. The molecule has 0 amide bonds. The topological polar surface area (TPSA) is 3.24 Å². The normalized spacial score (nSPS) is 13.4. The largest absolute Gasteiger partial charge is 0.343 e. The van der Waals surface area contributed by atoms with Crippen LogP contribution in [0.25, 0.3) is 5.57 Å². The third kappa shape index (κ3) is 2.82. The Labute approximate surface area is 145 Å². The van der Waals surface area contributed by atoms with Crippen LogP contribution in [0.3, 0.4) is 0 Å². The van der Waals surface area contributed by atoms with Crippen LogP contribution in [0.4, 0.5) is 5.69 Å². The van der Waals surface area contributed by atoms with Gasteiger partial charge in [-0.15, -0.1) is 0 Å². The monoisotopic (exact) mass is 361 g/mol. The summed E-state index contributed by atoms with van der Waals surface area (Å²) in [7, 11) is 0. The molecule has 0 atom stereocenters. The number of anilines is 1. The average Bonchev–Trinajstić information content (AvgIpc) is 2.62. The zero-order chi connectivity index (χ0) is 15.6. The first-order chi connectivity index (χ1) is 11.3. The van der Waals surface area contributed by atoms with E-state index < -0.39 is 0 Å². The molecule has 0 saturated heterocycles. The molecular weight excluding hydrogens is 346 g/mol. The van der Waals surface area contributed by atoms with Crippen molar-refractivity contribution in [2.75, 3.05) is 4.90 Å². The van der Waals surface area contributed by atoms with Gasteiger partial charge in [0.15, 0.2) is 0 Å². The predicted molar refractivity (Wildman–Crippen MR) is 100 cm³/mol. The van der Waals surface area contributed by atoms with Crippen molar-refractivity contribution >= 4 is 27.2 Å². The minimum atomic E-state index is 0.897. The Morgan fingerprint density at radius 1 is 0.739 bits per heavy atom. The Morgan fingerprint density at radius 3 is 2.22 bits per heavy atom. The van der Waals surface area contributed by atoms with E-state index in [1.807, 2.05) is 0 Å². The fraction of sp³-hybridized carbons (Fsp3) is 0.0476. The average molecular weight is 362 g/mol. The highest BCUT2D eigenvalue weighted by Gasteiger charge is 2.18. The second-order valence-electron chi connectivity index (χ2n) is 5.67. The molecule has 2 heteroatoms. The van der Waals surface area contributed by atoms with Gasteiger partial charge >= 0.3 is 0 Å². The maximum absolute atomic E-state index is 3.51. The molecule has 0 N–H and O–H groups in total. The van der Waals surface area contributed by atoms with Crippen LogP contribution in [0.5, 0.6) is 0 Å². The molecule has 112 valence electrons. The van der Waals surface area contributed by atoms with E-state index in [1.54, 1.807) is 0 Å². The van der Waals surface area contributed by atoms with Crippen LogP contribution in [0.15, 0.2) is 89.5 Å². The molecule has 1 nitrogen and oxygen atoms in total. The molecule has 0 unspecified atom stereocenters. The van der Waals surface area contributed by atoms with Crippen LogP contribution < -0.4 is 4.90 Å². The van der Waals surface area contributed by atoms with Gasteiger partial charge in [0.1, 0.15) is 0 Å². The van der Waals surface area contributed by atoms with Crippen molar-refractivity contribution in [3.63, 3.8) is 0 Å². The Hall–Kier alpha value is -2.32. The number of halogens is 1. The van der Waals surface area contributed by atoms with Gasteiger partial charge in [0, 0.05) is 28.5 Å². The van der Waals surface area contributed by atoms with E-state index in [0.29, 0.717) is 0 Å². The minimum Gasteiger partial charge on any atom is -0.343 e. The van der Waals surface area contributed by atoms with Gasteiger partial charge in [-0.05, 0) is 41.0 Å². The van der Waals surface area contributed by atoms with Crippen molar-refractivity contribution in [3.05, 3.63) is 106 Å². The summed E-state index contributed by atoms with van der Waals surface area (Å²) in [5, 5.41) is 0. The number of nitrogens with zero attached hydrogens (tertiary/aromatic N) is 1. The summed E-state index contributed by atoms with van der Waals surface area (Å²) in [4.78, 5) is 2.32. The van der Waals surface area contributed by atoms with Crippen molar-refractivity contribution in [1.82, 2.24) is 0 Å². The van der Waals surface area contributed by atoms with Crippen LogP contribution in [0.2, 0.25) is 0 Å². The number of hydrogen-bond donors (Lipinski definition) is 0. The van der Waals surface area contributed by atoms with Crippen molar-refractivity contribution < 1.29 is 0 Å². The molecule has 4 rings (SSSR count). The summed E-state index contributed by atoms with van der Waals surface area (Å²) in [6, 6.07) is 27.7. The molecule has 0 fully saturated rings. The van der Waals surface area contributed by atoms with Gasteiger partial charge in [0.05, 0.1) is 0 Å². The standard InChI is InChI=1S/C21H16BrN/c22-18-10-12-19(13-11-18)23-14-17-8-4-5-9-20(17)21(15-23)16-6-2-1-3-7-16/h1-13,15H,14H2. The van der Waals surface area contributed by atoms with E-state index in [9.17, 15) is 0 Å². The highest BCUT2D eigenvalue weighted by Crippen LogP contribution is 2.34. The molecule has 3 aromatic rings. The third-order valence-corrected chi connectivity index (χ3v) is 4.70. The van der Waals surface area contributed by atoms with Crippen LogP contribution in [-0.2, 0) is 6.54 Å². The molecule has 23 heavy (non-hydrogen) atoms. The van der Waals surface area contributed by atoms with E-state index in [0.717, 1.165) is 11.0 Å². The van der Waals surface area contributed by atoms with Gasteiger partial charge in [-0.3, -0.25) is 0 Å². The molecular formula is C21H16BrN. The number of rotatable bonds is 2. The Bertz CT molecular complexity index is 851. The molecule has 0 aromatic heterocycles. The fourth-order valence-electron chi connectivity index (χ4n) is 3.02. The van der Waals surface area contributed by atoms with Gasteiger partial charge in [0.25, 0.3) is 0 Å². The van der Waals surface area contributed by atoms with Crippen molar-refractivity contribution in [3.8, 4) is 0 Å². The zero-order valence-corrected chi connectivity index (χ0v) is 14.2. The summed E-state index contributed by atoms with van der Waals surface area (Å²) in [6.07, 6.45) is 2.26. The first-order valence-electron chi connectivity index (χ1n) is 7.69. The van der Waals surface area contributed by atoms with Crippen LogP contribution in [0, 0.1) is 0 Å². The van der Waals surface area contributed by atoms with Crippen LogP contribution in [0.1, 0.15) is 16.7 Å². The Morgan fingerprint density at radius 2 is 1.43 bits per heavy atom. The van der Waals surface area contributed by atoms with Gasteiger partial charge < -0.3 is 4.90 Å². The Kier molecular flexibility index (Phi) is 3.76. The molecule has 1 aliphatic rings. The van der Waals surface area contributed by atoms with E-state index in [1.165, 1.54) is 28.0 Å². The number of hydrogen-bond acceptors (Lipinski definition) is 1. The molecule has 0 saturated carbocycles. The fourth-order valence-corrected chi connectivity index (χ4v) is 3.29. The van der Waals surface area contributed by atoms with E-state index in [-0.39, 0.29) is 0 Å². The van der Waals surface area contributed by atoms with Crippen LogP contribution >= 0.6 is 15.9 Å². The molecule has 0 bridgehead atoms. The molecule has 1 heterocycles. The lowest BCUT2D eigenvalue weighted by Crippen LogP contribution is -2.21. The highest BCUT2D eigenvalue weighted by molar-refractivity contribution is 9.10. The van der Waals surface area contributed by atoms with Gasteiger partial charge in [-0.2, -0.15) is 0 Å². The SMILES string of the molecule is Brc1ccc(N2C=C(c3ccccc3)c3ccccc3C2)cc1. The molecule has 0 spiro atoms. The molecule has 3 aromatic carbocycles. The van der Waals surface area contributed by atoms with Gasteiger partial charge in [-0.1, -0.05) is 70.5 Å². The predicted octanol–water partition coefficient (Wildman–Crippen LogP) is 5.86. The quantitative estimate of drug-likeness (QED) is 0.552. The third-order valence-electron chi connectivity index (χ3n) is 4.18. The number of fused-ring (bicyclic) bond motifs is 1. The van der Waals surface area contributed by atoms with Gasteiger partial charge in [0.2, 0.25) is 0 Å². The summed E-state index contributed by atoms with van der Waals surface area (Å²) >= 11 is 3.51. The first-order valence-corrected chi connectivity index (χ1v) is 8.48. The lowest BCUT2D eigenvalue weighted by Gasteiger charge is -2.29. The summed E-state index contributed by atoms with van der Waals surface area (Å²) < 4.78 is 1.10. The lowest BCUT2D eigenvalue weighted by molar-refractivity contribution is 0.947. The smallest absolute Gasteiger partial charge is 0.0482 e. The summed E-state index contributed by atoms with van der Waals surface area (Å²) in [5.74, 6) is 0. The van der Waals surface area contributed by atoms with E-state index in [4.69, 9.17) is 0 Å². The molecule has 0 aliphatic carbocycles. The Balaban J connectivity index is 1.84. The minimum absolute atomic E-state index is 0.897. The van der Waals surface area contributed by atoms with Crippen molar-refractivity contribution in [2.45, 2.75) is 6.54 Å². The van der Waals surface area contributed by atoms with Gasteiger partial charge in [-0.25, -0.2) is 0 Å². The lowest BCUT2D eigenvalue weighted by atomic mass is 9.91. The summed E-state index contributed by atoms with van der Waals surface area (Å²) in [5.41, 5.74) is 6.41. The van der Waals surface area contributed by atoms with Crippen molar-refractivity contribution in [1.29, 1.82) is 0 Å². The van der Waals surface area contributed by atoms with Crippen LogP contribution in [-0.4, -0.2) is 0 Å². The second-order valence-corrected chi connectivity index (χ2v) is 6.59. The first kappa shape index (κ1) is 14.3. The zero-order valence-electron chi connectivity index (χ0n) is 12.6. The number of benzene rings is 3. The molecule has 0 radical (unpaired) electrons. The molecule has 1 aliphatic heterocycles. The van der Waals surface area contributed by atoms with E-state index >= 15 is 0 Å². The van der Waals surface area contributed by atoms with Crippen molar-refractivity contribution in [2.24, 2.45) is 0 Å².